The van der Waals surface area contributed by atoms with Crippen molar-refractivity contribution >= 4 is 11.9 Å². The molecule has 0 unspecified atom stereocenters. The quantitative estimate of drug-likeness (QED) is 0.338. The Hall–Kier alpha value is -3.36. The molecule has 1 aromatic heterocycles. The number of aliphatic imine (C=N–C) groups is 1. The molecule has 0 saturated heterocycles. The SMILES string of the molecule is CN=C(NCCNC(=O)c1ccco1)NCc1cc(OC)c(OC)c(OC)c1. The van der Waals surface area contributed by atoms with Gasteiger partial charge in [-0.15, -0.1) is 0 Å². The smallest absolute Gasteiger partial charge is 0.287 e. The standard InChI is InChI=1S/C19H26N4O5/c1-20-19(22-8-7-21-18(24)14-6-5-9-28-14)23-12-13-10-15(25-2)17(27-4)16(11-13)26-3/h5-6,9-11H,7-8,12H2,1-4H3,(H,21,24)(H2,20,22,23). The van der Waals surface area contributed by atoms with Crippen LogP contribution in [0.3, 0.4) is 0 Å². The van der Waals surface area contributed by atoms with Gasteiger partial charge in [0.1, 0.15) is 0 Å². The van der Waals surface area contributed by atoms with E-state index in [4.69, 9.17) is 18.6 Å². The number of carbonyl (C=O) groups is 1. The number of hydrogen-bond donors (Lipinski definition) is 3. The van der Waals surface area contributed by atoms with E-state index in [1.807, 2.05) is 12.1 Å². The zero-order valence-electron chi connectivity index (χ0n) is 16.5. The fourth-order valence-corrected chi connectivity index (χ4v) is 2.50. The summed E-state index contributed by atoms with van der Waals surface area (Å²) in [5.74, 6) is 2.34. The molecular formula is C19H26N4O5. The van der Waals surface area contributed by atoms with Crippen LogP contribution in [-0.4, -0.2) is 53.3 Å². The van der Waals surface area contributed by atoms with Gasteiger partial charge < -0.3 is 34.6 Å². The average Bonchev–Trinajstić information content (AvgIpc) is 3.27. The molecule has 3 N–H and O–H groups in total. The van der Waals surface area contributed by atoms with E-state index in [9.17, 15) is 4.79 Å². The van der Waals surface area contributed by atoms with Crippen molar-refractivity contribution in [3.8, 4) is 17.2 Å². The Bertz CT molecular complexity index is 765. The second-order valence-corrected chi connectivity index (χ2v) is 5.62. The Balaban J connectivity index is 1.84. The lowest BCUT2D eigenvalue weighted by Crippen LogP contribution is -2.41. The van der Waals surface area contributed by atoms with Crippen molar-refractivity contribution < 1.29 is 23.4 Å². The topological polar surface area (TPSA) is 106 Å². The Labute approximate surface area is 164 Å². The predicted octanol–water partition coefficient (Wildman–Crippen LogP) is 1.40. The minimum absolute atomic E-state index is 0.257. The van der Waals surface area contributed by atoms with Gasteiger partial charge in [0.25, 0.3) is 5.91 Å². The number of carbonyl (C=O) groups excluding carboxylic acids is 1. The summed E-state index contributed by atoms with van der Waals surface area (Å²) < 4.78 is 21.1. The lowest BCUT2D eigenvalue weighted by molar-refractivity contribution is 0.0926. The molecule has 1 heterocycles. The number of methoxy groups -OCH3 is 3. The van der Waals surface area contributed by atoms with Crippen molar-refractivity contribution in [3.05, 3.63) is 41.9 Å². The van der Waals surface area contributed by atoms with Gasteiger partial charge in [-0.2, -0.15) is 0 Å². The van der Waals surface area contributed by atoms with Crippen LogP contribution in [0.4, 0.5) is 0 Å². The third-order valence-electron chi connectivity index (χ3n) is 3.86. The molecule has 1 aromatic carbocycles. The van der Waals surface area contributed by atoms with Crippen LogP contribution < -0.4 is 30.2 Å². The normalized spacial score (nSPS) is 10.9. The maximum absolute atomic E-state index is 11.8. The van der Waals surface area contributed by atoms with Gasteiger partial charge in [-0.25, -0.2) is 0 Å². The van der Waals surface area contributed by atoms with Crippen LogP contribution in [0.15, 0.2) is 39.9 Å². The van der Waals surface area contributed by atoms with Gasteiger partial charge in [0.05, 0.1) is 27.6 Å². The predicted molar refractivity (Wildman–Crippen MR) is 105 cm³/mol. The maximum atomic E-state index is 11.8. The molecule has 0 bridgehead atoms. The van der Waals surface area contributed by atoms with Crippen molar-refractivity contribution in [1.29, 1.82) is 0 Å². The third kappa shape index (κ3) is 5.57. The molecule has 0 aliphatic heterocycles. The first-order chi connectivity index (χ1) is 13.6. The van der Waals surface area contributed by atoms with Gasteiger partial charge in [0, 0.05) is 26.7 Å². The minimum atomic E-state index is -0.257. The fraction of sp³-hybridized carbons (Fsp3) is 0.368. The van der Waals surface area contributed by atoms with Gasteiger partial charge in [-0.1, -0.05) is 0 Å². The van der Waals surface area contributed by atoms with Crippen LogP contribution >= 0.6 is 0 Å². The second kappa shape index (κ2) is 10.7. The Kier molecular flexibility index (Phi) is 8.01. The van der Waals surface area contributed by atoms with Gasteiger partial charge in [0.2, 0.25) is 5.75 Å². The van der Waals surface area contributed by atoms with Crippen LogP contribution in [0.2, 0.25) is 0 Å². The number of nitrogens with one attached hydrogen (secondary N) is 3. The van der Waals surface area contributed by atoms with Crippen LogP contribution in [0.5, 0.6) is 17.2 Å². The number of hydrogen-bond acceptors (Lipinski definition) is 6. The average molecular weight is 390 g/mol. The number of benzene rings is 1. The van der Waals surface area contributed by atoms with E-state index >= 15 is 0 Å². The third-order valence-corrected chi connectivity index (χ3v) is 3.86. The highest BCUT2D eigenvalue weighted by Crippen LogP contribution is 2.38. The van der Waals surface area contributed by atoms with E-state index in [1.54, 1.807) is 40.5 Å². The van der Waals surface area contributed by atoms with E-state index in [0.29, 0.717) is 42.8 Å². The molecule has 0 radical (unpaired) electrons. The highest BCUT2D eigenvalue weighted by Gasteiger charge is 2.13. The number of furan rings is 1. The fourth-order valence-electron chi connectivity index (χ4n) is 2.50. The van der Waals surface area contributed by atoms with Crippen molar-refractivity contribution in [1.82, 2.24) is 16.0 Å². The van der Waals surface area contributed by atoms with Crippen molar-refractivity contribution in [2.75, 3.05) is 41.5 Å². The molecule has 0 spiro atoms. The van der Waals surface area contributed by atoms with Crippen LogP contribution in [0.1, 0.15) is 16.1 Å². The van der Waals surface area contributed by atoms with Crippen molar-refractivity contribution in [2.45, 2.75) is 6.54 Å². The lowest BCUT2D eigenvalue weighted by atomic mass is 10.2. The molecular weight excluding hydrogens is 364 g/mol. The zero-order chi connectivity index (χ0) is 20.4. The molecule has 1 amide bonds. The van der Waals surface area contributed by atoms with E-state index in [0.717, 1.165) is 5.56 Å². The summed E-state index contributed by atoms with van der Waals surface area (Å²) in [7, 11) is 6.39. The first kappa shape index (κ1) is 20.9. The first-order valence-electron chi connectivity index (χ1n) is 8.68. The van der Waals surface area contributed by atoms with Crippen LogP contribution in [0, 0.1) is 0 Å². The molecule has 2 rings (SSSR count). The van der Waals surface area contributed by atoms with Crippen molar-refractivity contribution in [3.63, 3.8) is 0 Å². The van der Waals surface area contributed by atoms with Gasteiger partial charge in [-0.3, -0.25) is 9.79 Å². The maximum Gasteiger partial charge on any atom is 0.287 e. The van der Waals surface area contributed by atoms with E-state index in [1.165, 1.54) is 6.26 Å². The van der Waals surface area contributed by atoms with Gasteiger partial charge >= 0.3 is 0 Å². The summed E-state index contributed by atoms with van der Waals surface area (Å²) in [5.41, 5.74) is 0.934. The summed E-state index contributed by atoms with van der Waals surface area (Å²) in [6.45, 7) is 1.42. The first-order valence-corrected chi connectivity index (χ1v) is 8.68. The summed E-state index contributed by atoms with van der Waals surface area (Å²) in [4.78, 5) is 16.0. The number of amides is 1. The largest absolute Gasteiger partial charge is 0.493 e. The number of nitrogens with zero attached hydrogens (tertiary/aromatic N) is 1. The molecule has 9 heteroatoms. The Morgan fingerprint density at radius 3 is 2.25 bits per heavy atom. The summed E-state index contributed by atoms with van der Waals surface area (Å²) in [6.07, 6.45) is 1.46. The van der Waals surface area contributed by atoms with Crippen LogP contribution in [-0.2, 0) is 6.54 Å². The minimum Gasteiger partial charge on any atom is -0.493 e. The number of guanidine groups is 1. The summed E-state index contributed by atoms with van der Waals surface area (Å²) in [5, 5.41) is 9.08. The van der Waals surface area contributed by atoms with Gasteiger partial charge in [-0.05, 0) is 29.8 Å². The number of ether oxygens (including phenoxy) is 3. The van der Waals surface area contributed by atoms with Crippen molar-refractivity contribution in [2.24, 2.45) is 4.99 Å². The highest BCUT2D eigenvalue weighted by atomic mass is 16.5. The van der Waals surface area contributed by atoms with Crippen LogP contribution in [0.25, 0.3) is 0 Å². The Morgan fingerprint density at radius 2 is 1.71 bits per heavy atom. The molecule has 28 heavy (non-hydrogen) atoms. The van der Waals surface area contributed by atoms with E-state index in [2.05, 4.69) is 20.9 Å². The second-order valence-electron chi connectivity index (χ2n) is 5.62. The van der Waals surface area contributed by atoms with E-state index < -0.39 is 0 Å². The molecule has 152 valence electrons. The summed E-state index contributed by atoms with van der Waals surface area (Å²) in [6, 6.07) is 7.01. The molecule has 0 saturated carbocycles. The molecule has 0 atom stereocenters. The zero-order valence-corrected chi connectivity index (χ0v) is 16.5. The summed E-state index contributed by atoms with van der Waals surface area (Å²) >= 11 is 0. The lowest BCUT2D eigenvalue weighted by Gasteiger charge is -2.16. The number of rotatable bonds is 9. The van der Waals surface area contributed by atoms with Gasteiger partial charge in [0.15, 0.2) is 23.2 Å². The monoisotopic (exact) mass is 390 g/mol. The molecule has 0 fully saturated rings. The molecule has 9 nitrogen and oxygen atoms in total. The Morgan fingerprint density at radius 1 is 1.04 bits per heavy atom. The van der Waals surface area contributed by atoms with E-state index in [-0.39, 0.29) is 11.7 Å². The highest BCUT2D eigenvalue weighted by molar-refractivity contribution is 5.91. The molecule has 0 aliphatic rings. The molecule has 0 aliphatic carbocycles. The molecule has 2 aromatic rings.